The minimum Gasteiger partial charge on any atom is -0.480 e. The molecule has 0 aliphatic carbocycles. The van der Waals surface area contributed by atoms with Gasteiger partial charge in [0.05, 0.1) is 6.61 Å². The third-order valence-corrected chi connectivity index (χ3v) is 2.02. The van der Waals surface area contributed by atoms with Gasteiger partial charge in [0.25, 0.3) is 0 Å². The van der Waals surface area contributed by atoms with Crippen molar-refractivity contribution in [2.24, 2.45) is 11.7 Å². The van der Waals surface area contributed by atoms with Gasteiger partial charge in [0.1, 0.15) is 0 Å². The molecule has 14 heavy (non-hydrogen) atoms. The van der Waals surface area contributed by atoms with Gasteiger partial charge < -0.3 is 15.6 Å². The molecule has 0 aromatic heterocycles. The highest BCUT2D eigenvalue weighted by Crippen LogP contribution is 2.34. The van der Waals surface area contributed by atoms with Gasteiger partial charge in [0, 0.05) is 13.0 Å². The molecule has 3 N–H and O–H groups in total. The number of carboxylic acids is 1. The molecule has 0 radical (unpaired) electrons. The maximum atomic E-state index is 12.4. The van der Waals surface area contributed by atoms with E-state index in [0.717, 1.165) is 6.92 Å². The van der Waals surface area contributed by atoms with Crippen LogP contribution in [0.5, 0.6) is 0 Å². The predicted molar refractivity (Wildman–Crippen MR) is 41.6 cm³/mol. The largest absolute Gasteiger partial charge is 0.480 e. The standard InChI is InChI=1S/C7H12F3NO3/c1-4(3-14-2)6(11,5(12)13)7(8,9)10/h4H,3,11H2,1-2H3,(H,12,13). The van der Waals surface area contributed by atoms with Crippen LogP contribution in [-0.4, -0.2) is 36.5 Å². The van der Waals surface area contributed by atoms with Crippen LogP contribution in [0.15, 0.2) is 0 Å². The molecule has 0 aliphatic heterocycles. The zero-order valence-corrected chi connectivity index (χ0v) is 7.76. The van der Waals surface area contributed by atoms with E-state index in [2.05, 4.69) is 4.74 Å². The Morgan fingerprint density at radius 1 is 1.57 bits per heavy atom. The second-order valence-corrected chi connectivity index (χ2v) is 3.03. The average Bonchev–Trinajstić information content (AvgIpc) is 2.00. The molecule has 0 rings (SSSR count). The lowest BCUT2D eigenvalue weighted by molar-refractivity contribution is -0.214. The van der Waals surface area contributed by atoms with Crippen molar-refractivity contribution in [3.05, 3.63) is 0 Å². The maximum Gasteiger partial charge on any atom is 0.417 e. The first-order valence-corrected chi connectivity index (χ1v) is 3.75. The second kappa shape index (κ2) is 4.14. The summed E-state index contributed by atoms with van der Waals surface area (Å²) in [5.74, 6) is -3.46. The van der Waals surface area contributed by atoms with Gasteiger partial charge in [-0.15, -0.1) is 0 Å². The molecule has 4 nitrogen and oxygen atoms in total. The number of alkyl halides is 3. The fourth-order valence-electron chi connectivity index (χ4n) is 0.993. The van der Waals surface area contributed by atoms with Crippen LogP contribution in [0.25, 0.3) is 0 Å². The topological polar surface area (TPSA) is 72.5 Å². The van der Waals surface area contributed by atoms with Crippen molar-refractivity contribution < 1.29 is 27.8 Å². The molecule has 0 fully saturated rings. The Kier molecular flexibility index (Phi) is 3.90. The second-order valence-electron chi connectivity index (χ2n) is 3.03. The highest BCUT2D eigenvalue weighted by molar-refractivity contribution is 5.80. The first-order valence-electron chi connectivity index (χ1n) is 3.75. The van der Waals surface area contributed by atoms with Crippen LogP contribution in [0.1, 0.15) is 6.92 Å². The summed E-state index contributed by atoms with van der Waals surface area (Å²) in [5, 5.41) is 8.46. The van der Waals surface area contributed by atoms with Crippen LogP contribution < -0.4 is 5.73 Å². The van der Waals surface area contributed by atoms with Gasteiger partial charge in [0.15, 0.2) is 0 Å². The Hall–Kier alpha value is -0.820. The third-order valence-electron chi connectivity index (χ3n) is 2.02. The van der Waals surface area contributed by atoms with Crippen molar-refractivity contribution >= 4 is 5.97 Å². The molecular formula is C7H12F3NO3. The lowest BCUT2D eigenvalue weighted by Gasteiger charge is -2.32. The number of carboxylic acid groups (broad SMARTS) is 1. The summed E-state index contributed by atoms with van der Waals surface area (Å²) in [5.41, 5.74) is 1.58. The summed E-state index contributed by atoms with van der Waals surface area (Å²) in [6.45, 7) is 0.702. The van der Waals surface area contributed by atoms with Crippen LogP contribution in [0.2, 0.25) is 0 Å². The van der Waals surface area contributed by atoms with E-state index in [0.29, 0.717) is 0 Å². The van der Waals surface area contributed by atoms with Gasteiger partial charge in [-0.3, -0.25) is 0 Å². The van der Waals surface area contributed by atoms with E-state index in [9.17, 15) is 18.0 Å². The van der Waals surface area contributed by atoms with E-state index in [1.54, 1.807) is 0 Å². The number of aliphatic carboxylic acids is 1. The number of rotatable bonds is 4. The van der Waals surface area contributed by atoms with E-state index in [1.165, 1.54) is 7.11 Å². The van der Waals surface area contributed by atoms with E-state index < -0.39 is 23.6 Å². The Labute approximate surface area is 78.8 Å². The maximum absolute atomic E-state index is 12.4. The molecule has 0 amide bonds. The molecule has 7 heteroatoms. The molecule has 2 unspecified atom stereocenters. The molecule has 2 atom stereocenters. The molecule has 0 aromatic carbocycles. The van der Waals surface area contributed by atoms with Gasteiger partial charge in [-0.2, -0.15) is 13.2 Å². The number of halogens is 3. The average molecular weight is 215 g/mol. The Bertz CT molecular complexity index is 219. The van der Waals surface area contributed by atoms with E-state index in [1.807, 2.05) is 0 Å². The quantitative estimate of drug-likeness (QED) is 0.720. The first-order chi connectivity index (χ1) is 6.17. The lowest BCUT2D eigenvalue weighted by Crippen LogP contribution is -2.64. The molecule has 0 heterocycles. The van der Waals surface area contributed by atoms with Crippen LogP contribution in [-0.2, 0) is 9.53 Å². The van der Waals surface area contributed by atoms with Gasteiger partial charge in [0.2, 0.25) is 5.54 Å². The fourth-order valence-corrected chi connectivity index (χ4v) is 0.993. The molecule has 0 saturated carbocycles. The number of hydrogen-bond donors (Lipinski definition) is 2. The predicted octanol–water partition coefficient (Wildman–Crippen LogP) is 0.613. The normalized spacial score (nSPS) is 18.7. The molecule has 0 spiro atoms. The third kappa shape index (κ3) is 2.16. The number of nitrogens with two attached hydrogens (primary N) is 1. The Balaban J connectivity index is 5.01. The van der Waals surface area contributed by atoms with Crippen LogP contribution >= 0.6 is 0 Å². The van der Waals surface area contributed by atoms with Gasteiger partial charge in [-0.1, -0.05) is 6.92 Å². The zero-order chi connectivity index (χ0) is 11.6. The summed E-state index contributed by atoms with van der Waals surface area (Å²) in [6.07, 6.45) is -5.00. The van der Waals surface area contributed by atoms with E-state index in [4.69, 9.17) is 10.8 Å². The van der Waals surface area contributed by atoms with Crippen LogP contribution in [0, 0.1) is 5.92 Å². The summed E-state index contributed by atoms with van der Waals surface area (Å²) >= 11 is 0. The number of hydrogen-bond acceptors (Lipinski definition) is 3. The Morgan fingerprint density at radius 3 is 2.21 bits per heavy atom. The van der Waals surface area contributed by atoms with Crippen molar-refractivity contribution in [1.82, 2.24) is 0 Å². The monoisotopic (exact) mass is 215 g/mol. The first kappa shape index (κ1) is 13.2. The van der Waals surface area contributed by atoms with Crippen molar-refractivity contribution in [2.75, 3.05) is 13.7 Å². The van der Waals surface area contributed by atoms with E-state index in [-0.39, 0.29) is 6.61 Å². The van der Waals surface area contributed by atoms with Gasteiger partial charge in [-0.05, 0) is 0 Å². The summed E-state index contributed by atoms with van der Waals surface area (Å²) in [7, 11) is 1.18. The van der Waals surface area contributed by atoms with Crippen LogP contribution in [0.4, 0.5) is 13.2 Å². The lowest BCUT2D eigenvalue weighted by atomic mass is 9.86. The number of methoxy groups -OCH3 is 1. The molecule has 0 bridgehead atoms. The minimum absolute atomic E-state index is 0.373. The van der Waals surface area contributed by atoms with Gasteiger partial charge >= 0.3 is 12.1 Å². The highest BCUT2D eigenvalue weighted by atomic mass is 19.4. The van der Waals surface area contributed by atoms with Crippen molar-refractivity contribution in [3.8, 4) is 0 Å². The SMILES string of the molecule is COCC(C)C(N)(C(=O)O)C(F)(F)F. The molecule has 0 saturated heterocycles. The minimum atomic E-state index is -5.00. The molecule has 0 aliphatic rings. The fraction of sp³-hybridized carbons (Fsp3) is 0.857. The highest BCUT2D eigenvalue weighted by Gasteiger charge is 2.61. The zero-order valence-electron chi connectivity index (χ0n) is 7.76. The van der Waals surface area contributed by atoms with Crippen molar-refractivity contribution in [2.45, 2.75) is 18.6 Å². The molecular weight excluding hydrogens is 203 g/mol. The van der Waals surface area contributed by atoms with E-state index >= 15 is 0 Å². The molecule has 84 valence electrons. The van der Waals surface area contributed by atoms with Crippen LogP contribution in [0.3, 0.4) is 0 Å². The van der Waals surface area contributed by atoms with Crippen molar-refractivity contribution in [1.29, 1.82) is 0 Å². The van der Waals surface area contributed by atoms with Gasteiger partial charge in [-0.25, -0.2) is 4.79 Å². The summed E-state index contributed by atoms with van der Waals surface area (Å²) in [6, 6.07) is 0. The number of carbonyl (C=O) groups is 1. The summed E-state index contributed by atoms with van der Waals surface area (Å²) in [4.78, 5) is 10.5. The summed E-state index contributed by atoms with van der Waals surface area (Å²) < 4.78 is 41.6. The smallest absolute Gasteiger partial charge is 0.417 e. The Morgan fingerprint density at radius 2 is 2.00 bits per heavy atom. The molecule has 0 aromatic rings. The van der Waals surface area contributed by atoms with Crippen molar-refractivity contribution in [3.63, 3.8) is 0 Å². The number of ether oxygens (including phenoxy) is 1.